The van der Waals surface area contributed by atoms with Crippen LogP contribution in [0.4, 0.5) is 0 Å². The molecule has 1 saturated heterocycles. The molecule has 1 aromatic carbocycles. The molecule has 0 spiro atoms. The van der Waals surface area contributed by atoms with Crippen LogP contribution in [0.5, 0.6) is 0 Å². The summed E-state index contributed by atoms with van der Waals surface area (Å²) >= 11 is 8.10. The van der Waals surface area contributed by atoms with Crippen LogP contribution in [0.3, 0.4) is 0 Å². The maximum absolute atomic E-state index is 12.3. The van der Waals surface area contributed by atoms with Crippen molar-refractivity contribution >= 4 is 40.1 Å². The quantitative estimate of drug-likeness (QED) is 0.777. The minimum Gasteiger partial charge on any atom is -0.347 e. The van der Waals surface area contributed by atoms with E-state index in [0.717, 1.165) is 29.5 Å². The second kappa shape index (κ2) is 5.75. The molecule has 0 unspecified atom stereocenters. The van der Waals surface area contributed by atoms with Gasteiger partial charge in [-0.2, -0.15) is 0 Å². The predicted molar refractivity (Wildman–Crippen MR) is 82.1 cm³/mol. The number of halogens is 2. The number of amides is 1. The molecule has 18 heavy (non-hydrogen) atoms. The van der Waals surface area contributed by atoms with Gasteiger partial charge >= 0.3 is 0 Å². The Morgan fingerprint density at radius 3 is 2.78 bits per heavy atom. The van der Waals surface area contributed by atoms with Crippen molar-refractivity contribution in [2.75, 3.05) is 13.1 Å². The van der Waals surface area contributed by atoms with Crippen LogP contribution in [0.2, 0.25) is 5.02 Å². The van der Waals surface area contributed by atoms with Crippen molar-refractivity contribution in [1.29, 1.82) is 0 Å². The van der Waals surface area contributed by atoms with Crippen LogP contribution in [0.15, 0.2) is 18.2 Å². The Morgan fingerprint density at radius 2 is 2.11 bits per heavy atom. The smallest absolute Gasteiger partial charge is 0.252 e. The summed E-state index contributed by atoms with van der Waals surface area (Å²) in [5.41, 5.74) is 0.538. The highest BCUT2D eigenvalue weighted by Gasteiger charge is 2.29. The monoisotopic (exact) mass is 378 g/mol. The number of piperidine rings is 1. The molecular formula is C13H16ClIN2O. The van der Waals surface area contributed by atoms with Crippen molar-refractivity contribution in [3.05, 3.63) is 32.4 Å². The Kier molecular flexibility index (Phi) is 4.50. The van der Waals surface area contributed by atoms with Gasteiger partial charge in [-0.05, 0) is 73.6 Å². The summed E-state index contributed by atoms with van der Waals surface area (Å²) in [5.74, 6) is -0.0358. The third-order valence-electron chi connectivity index (χ3n) is 3.30. The average Bonchev–Trinajstić information content (AvgIpc) is 2.32. The van der Waals surface area contributed by atoms with Gasteiger partial charge in [-0.1, -0.05) is 11.6 Å². The summed E-state index contributed by atoms with van der Waals surface area (Å²) in [7, 11) is 0. The number of hydrogen-bond acceptors (Lipinski definition) is 2. The van der Waals surface area contributed by atoms with Crippen molar-refractivity contribution < 1.29 is 4.79 Å². The largest absolute Gasteiger partial charge is 0.347 e. The van der Waals surface area contributed by atoms with Gasteiger partial charge in [0.1, 0.15) is 0 Å². The van der Waals surface area contributed by atoms with Gasteiger partial charge in [0.2, 0.25) is 0 Å². The van der Waals surface area contributed by atoms with Gasteiger partial charge in [0.25, 0.3) is 5.91 Å². The van der Waals surface area contributed by atoms with E-state index in [4.69, 9.17) is 11.6 Å². The first-order chi connectivity index (χ1) is 8.50. The normalized spacial score (nSPS) is 18.4. The molecule has 0 radical (unpaired) electrons. The first-order valence-corrected chi connectivity index (χ1v) is 7.44. The highest BCUT2D eigenvalue weighted by Crippen LogP contribution is 2.21. The van der Waals surface area contributed by atoms with Crippen molar-refractivity contribution in [3.63, 3.8) is 0 Å². The molecule has 1 amide bonds. The molecule has 1 heterocycles. The Labute approximate surface area is 126 Å². The van der Waals surface area contributed by atoms with Crippen LogP contribution in [0, 0.1) is 3.57 Å². The van der Waals surface area contributed by atoms with Gasteiger partial charge in [-0.3, -0.25) is 4.79 Å². The van der Waals surface area contributed by atoms with E-state index in [0.29, 0.717) is 10.6 Å². The minimum atomic E-state index is -0.117. The van der Waals surface area contributed by atoms with E-state index in [1.54, 1.807) is 12.1 Å². The zero-order valence-electron chi connectivity index (χ0n) is 10.2. The maximum atomic E-state index is 12.3. The lowest BCUT2D eigenvalue weighted by atomic mass is 9.90. The van der Waals surface area contributed by atoms with Crippen molar-refractivity contribution in [1.82, 2.24) is 10.6 Å². The lowest BCUT2D eigenvalue weighted by Gasteiger charge is -2.35. The molecule has 3 nitrogen and oxygen atoms in total. The molecule has 0 atom stereocenters. The highest BCUT2D eigenvalue weighted by molar-refractivity contribution is 14.1. The highest BCUT2D eigenvalue weighted by atomic mass is 127. The lowest BCUT2D eigenvalue weighted by Crippen LogP contribution is -2.52. The van der Waals surface area contributed by atoms with E-state index < -0.39 is 0 Å². The molecule has 1 fully saturated rings. The number of carbonyl (C=O) groups excluding carboxylic acids is 1. The maximum Gasteiger partial charge on any atom is 0.252 e. The summed E-state index contributed by atoms with van der Waals surface area (Å²) in [6, 6.07) is 5.39. The average molecular weight is 379 g/mol. The fraction of sp³-hybridized carbons (Fsp3) is 0.462. The first-order valence-electron chi connectivity index (χ1n) is 5.98. The van der Waals surface area contributed by atoms with E-state index in [9.17, 15) is 4.79 Å². The SMILES string of the molecule is CC1(NC(=O)c2cc(Cl)ccc2I)CCNCC1. The van der Waals surface area contributed by atoms with Crippen LogP contribution in [-0.4, -0.2) is 24.5 Å². The van der Waals surface area contributed by atoms with E-state index in [2.05, 4.69) is 40.1 Å². The number of benzene rings is 1. The topological polar surface area (TPSA) is 41.1 Å². The Balaban J connectivity index is 2.14. The molecule has 0 bridgehead atoms. The summed E-state index contributed by atoms with van der Waals surface area (Å²) in [4.78, 5) is 12.3. The molecular weight excluding hydrogens is 363 g/mol. The molecule has 0 aromatic heterocycles. The van der Waals surface area contributed by atoms with Crippen molar-refractivity contribution in [2.24, 2.45) is 0 Å². The van der Waals surface area contributed by atoms with Crippen LogP contribution in [0.1, 0.15) is 30.1 Å². The molecule has 0 saturated carbocycles. The molecule has 2 N–H and O–H groups in total. The Morgan fingerprint density at radius 1 is 1.44 bits per heavy atom. The summed E-state index contributed by atoms with van der Waals surface area (Å²) in [5, 5.41) is 7.03. The van der Waals surface area contributed by atoms with E-state index >= 15 is 0 Å². The molecule has 5 heteroatoms. The number of carbonyl (C=O) groups is 1. The third-order valence-corrected chi connectivity index (χ3v) is 4.47. The molecule has 2 rings (SSSR count). The Bertz CT molecular complexity index is 458. The second-order valence-electron chi connectivity index (χ2n) is 4.89. The zero-order valence-corrected chi connectivity index (χ0v) is 13.1. The van der Waals surface area contributed by atoms with E-state index in [1.165, 1.54) is 0 Å². The van der Waals surface area contributed by atoms with Gasteiger partial charge in [0.05, 0.1) is 5.56 Å². The zero-order chi connectivity index (χ0) is 13.2. The molecule has 0 aliphatic carbocycles. The Hall–Kier alpha value is -0.330. The van der Waals surface area contributed by atoms with E-state index in [-0.39, 0.29) is 11.4 Å². The summed E-state index contributed by atoms with van der Waals surface area (Å²) in [6.45, 7) is 4.00. The van der Waals surface area contributed by atoms with Crippen LogP contribution >= 0.6 is 34.2 Å². The molecule has 98 valence electrons. The van der Waals surface area contributed by atoms with Crippen LogP contribution < -0.4 is 10.6 Å². The van der Waals surface area contributed by atoms with Crippen LogP contribution in [0.25, 0.3) is 0 Å². The lowest BCUT2D eigenvalue weighted by molar-refractivity contribution is 0.0886. The van der Waals surface area contributed by atoms with Crippen molar-refractivity contribution in [3.8, 4) is 0 Å². The predicted octanol–water partition coefficient (Wildman–Crippen LogP) is 2.82. The second-order valence-corrected chi connectivity index (χ2v) is 6.49. The van der Waals surface area contributed by atoms with Gasteiger partial charge in [-0.15, -0.1) is 0 Å². The van der Waals surface area contributed by atoms with Gasteiger partial charge in [0.15, 0.2) is 0 Å². The standard InChI is InChI=1S/C13H16ClIN2O/c1-13(4-6-16-7-5-13)17-12(18)10-8-9(14)2-3-11(10)15/h2-3,8,16H,4-7H2,1H3,(H,17,18). The molecule has 1 aliphatic heterocycles. The molecule has 1 aliphatic rings. The number of hydrogen-bond donors (Lipinski definition) is 2. The van der Waals surface area contributed by atoms with Crippen molar-refractivity contribution in [2.45, 2.75) is 25.3 Å². The molecule has 1 aromatic rings. The number of rotatable bonds is 2. The van der Waals surface area contributed by atoms with E-state index in [1.807, 2.05) is 6.07 Å². The van der Waals surface area contributed by atoms with Gasteiger partial charge in [0, 0.05) is 14.1 Å². The van der Waals surface area contributed by atoms with Gasteiger partial charge < -0.3 is 10.6 Å². The number of nitrogens with one attached hydrogen (secondary N) is 2. The fourth-order valence-corrected chi connectivity index (χ4v) is 2.87. The minimum absolute atomic E-state index is 0.0358. The van der Waals surface area contributed by atoms with Gasteiger partial charge in [-0.25, -0.2) is 0 Å². The van der Waals surface area contributed by atoms with Crippen LogP contribution in [-0.2, 0) is 0 Å². The summed E-state index contributed by atoms with van der Waals surface area (Å²) < 4.78 is 0.923. The fourth-order valence-electron chi connectivity index (χ4n) is 2.12. The third kappa shape index (κ3) is 3.36. The first kappa shape index (κ1) is 14.1. The summed E-state index contributed by atoms with van der Waals surface area (Å²) in [6.07, 6.45) is 1.91.